The van der Waals surface area contributed by atoms with Crippen LogP contribution in [0.3, 0.4) is 0 Å². The van der Waals surface area contributed by atoms with Gasteiger partial charge in [-0.1, -0.05) is 22.8 Å². The first kappa shape index (κ1) is 13.4. The van der Waals surface area contributed by atoms with Crippen molar-refractivity contribution in [3.8, 4) is 0 Å². The minimum Gasteiger partial charge on any atom is -0.368 e. The molecular weight excluding hydrogens is 309 g/mol. The van der Waals surface area contributed by atoms with E-state index < -0.39 is 0 Å². The third-order valence-electron chi connectivity index (χ3n) is 4.72. The first-order chi connectivity index (χ1) is 10.2. The molecule has 0 unspecified atom stereocenters. The van der Waals surface area contributed by atoms with Crippen LogP contribution in [-0.4, -0.2) is 22.7 Å². The number of hydrogen-bond donors (Lipinski definition) is 0. The number of benzene rings is 1. The number of fused-ring (bicyclic) bond motifs is 1. The van der Waals surface area contributed by atoms with Crippen molar-refractivity contribution in [2.24, 2.45) is 11.8 Å². The van der Waals surface area contributed by atoms with E-state index in [2.05, 4.69) is 28.0 Å². The fourth-order valence-corrected chi connectivity index (χ4v) is 4.00. The summed E-state index contributed by atoms with van der Waals surface area (Å²) >= 11 is 11.8. The maximum atomic E-state index is 6.09. The van der Waals surface area contributed by atoms with Crippen LogP contribution in [0, 0.1) is 11.8 Å². The molecule has 0 radical (unpaired) electrons. The van der Waals surface area contributed by atoms with E-state index >= 15 is 0 Å². The number of halogens is 2. The average molecular weight is 324 g/mol. The van der Waals surface area contributed by atoms with Gasteiger partial charge in [-0.25, -0.2) is 0 Å². The van der Waals surface area contributed by atoms with E-state index in [0.29, 0.717) is 29.7 Å². The summed E-state index contributed by atoms with van der Waals surface area (Å²) < 4.78 is 5.12. The number of nitrogens with zero attached hydrogens (tertiary/aromatic N) is 3. The molecule has 1 aromatic carbocycles. The Morgan fingerprint density at radius 3 is 2.90 bits per heavy atom. The van der Waals surface area contributed by atoms with Crippen molar-refractivity contribution in [3.63, 3.8) is 0 Å². The number of alkyl halides is 1. The molecule has 0 bridgehead atoms. The summed E-state index contributed by atoms with van der Waals surface area (Å²) in [5.41, 5.74) is 1.19. The highest BCUT2D eigenvalue weighted by molar-refractivity contribution is 6.30. The molecule has 0 N–H and O–H groups in total. The monoisotopic (exact) mass is 323 g/mol. The van der Waals surface area contributed by atoms with Gasteiger partial charge in [-0.2, -0.15) is 4.98 Å². The van der Waals surface area contributed by atoms with Gasteiger partial charge in [0.15, 0.2) is 5.82 Å². The Hall–Kier alpha value is -1.26. The van der Waals surface area contributed by atoms with Crippen LogP contribution < -0.4 is 4.90 Å². The summed E-state index contributed by atoms with van der Waals surface area (Å²) in [6, 6.07) is 8.50. The molecule has 1 aliphatic heterocycles. The molecule has 2 fully saturated rings. The first-order valence-corrected chi connectivity index (χ1v) is 8.01. The molecule has 21 heavy (non-hydrogen) atoms. The third-order valence-corrected chi connectivity index (χ3v) is 5.19. The second-order valence-electron chi connectivity index (χ2n) is 5.82. The molecule has 1 aromatic heterocycles. The molecule has 0 amide bonds. The largest absolute Gasteiger partial charge is 0.368 e. The molecule has 110 valence electrons. The quantitative estimate of drug-likeness (QED) is 0.808. The van der Waals surface area contributed by atoms with Crippen molar-refractivity contribution in [1.29, 1.82) is 0 Å². The van der Waals surface area contributed by atoms with Gasteiger partial charge in [0.2, 0.25) is 5.89 Å². The predicted octanol–water partition coefficient (Wildman–Crippen LogP) is 3.70. The molecule has 1 saturated carbocycles. The van der Waals surface area contributed by atoms with Crippen LogP contribution in [0.5, 0.6) is 0 Å². The zero-order valence-corrected chi connectivity index (χ0v) is 13.1. The second-order valence-corrected chi connectivity index (χ2v) is 6.52. The predicted molar refractivity (Wildman–Crippen MR) is 81.8 cm³/mol. The van der Waals surface area contributed by atoms with Crippen LogP contribution in [0.4, 0.5) is 5.69 Å². The Bertz CT molecular complexity index is 674. The van der Waals surface area contributed by atoms with Crippen LogP contribution in [0.15, 0.2) is 28.8 Å². The fraction of sp³-hybridized carbons (Fsp3) is 0.467. The lowest BCUT2D eigenvalue weighted by Crippen LogP contribution is -2.31. The Kier molecular flexibility index (Phi) is 3.12. The Balaban J connectivity index is 1.52. The fourth-order valence-electron chi connectivity index (χ4n) is 3.71. The van der Waals surface area contributed by atoms with Crippen molar-refractivity contribution in [2.75, 3.05) is 11.4 Å². The number of rotatable bonds is 3. The summed E-state index contributed by atoms with van der Waals surface area (Å²) in [6.45, 7) is 3.27. The van der Waals surface area contributed by atoms with Gasteiger partial charge in [0.25, 0.3) is 0 Å². The van der Waals surface area contributed by atoms with E-state index in [1.54, 1.807) is 0 Å². The lowest BCUT2D eigenvalue weighted by atomic mass is 10.1. The highest BCUT2D eigenvalue weighted by Gasteiger charge is 2.62. The number of hydrogen-bond acceptors (Lipinski definition) is 4. The van der Waals surface area contributed by atoms with Gasteiger partial charge < -0.3 is 9.42 Å². The molecule has 1 saturated heterocycles. The molecule has 2 heterocycles. The van der Waals surface area contributed by atoms with Crippen LogP contribution in [-0.2, 0) is 5.88 Å². The van der Waals surface area contributed by atoms with E-state index in [4.69, 9.17) is 27.7 Å². The minimum atomic E-state index is 0.277. The molecule has 4 rings (SSSR count). The number of anilines is 1. The minimum absolute atomic E-state index is 0.277. The van der Waals surface area contributed by atoms with Crippen LogP contribution in [0.25, 0.3) is 0 Å². The number of aromatic nitrogens is 2. The zero-order valence-electron chi connectivity index (χ0n) is 11.5. The average Bonchev–Trinajstić information content (AvgIpc) is 2.83. The first-order valence-electron chi connectivity index (χ1n) is 7.09. The molecule has 2 aromatic rings. The van der Waals surface area contributed by atoms with E-state index in [0.717, 1.165) is 17.4 Å². The van der Waals surface area contributed by atoms with Gasteiger partial charge >= 0.3 is 0 Å². The van der Waals surface area contributed by atoms with E-state index in [1.807, 2.05) is 18.2 Å². The highest BCUT2D eigenvalue weighted by atomic mass is 35.5. The van der Waals surface area contributed by atoms with Crippen LogP contribution in [0.2, 0.25) is 5.02 Å². The van der Waals surface area contributed by atoms with Crippen molar-refractivity contribution in [1.82, 2.24) is 10.1 Å². The molecule has 6 heteroatoms. The second kappa shape index (κ2) is 4.89. The highest BCUT2D eigenvalue weighted by Crippen LogP contribution is 2.61. The Labute approximate surface area is 133 Å². The van der Waals surface area contributed by atoms with Crippen LogP contribution >= 0.6 is 23.2 Å². The molecule has 4 nitrogen and oxygen atoms in total. The van der Waals surface area contributed by atoms with E-state index in [9.17, 15) is 0 Å². The summed E-state index contributed by atoms with van der Waals surface area (Å²) in [7, 11) is 0. The maximum Gasteiger partial charge on any atom is 0.241 e. The van der Waals surface area contributed by atoms with Crippen molar-refractivity contribution >= 4 is 28.9 Å². The smallest absolute Gasteiger partial charge is 0.241 e. The van der Waals surface area contributed by atoms with Gasteiger partial charge in [0.05, 0.1) is 0 Å². The topological polar surface area (TPSA) is 42.2 Å². The molecule has 0 spiro atoms. The summed E-state index contributed by atoms with van der Waals surface area (Å²) in [5.74, 6) is 3.20. The number of piperidine rings is 1. The van der Waals surface area contributed by atoms with Gasteiger partial charge in [-0.15, -0.1) is 11.6 Å². The van der Waals surface area contributed by atoms with Gasteiger partial charge in [-0.3, -0.25) is 0 Å². The van der Waals surface area contributed by atoms with Crippen molar-refractivity contribution in [3.05, 3.63) is 41.0 Å². The van der Waals surface area contributed by atoms with Crippen LogP contribution in [0.1, 0.15) is 24.6 Å². The normalized spacial score (nSPS) is 30.5. The lowest BCUT2D eigenvalue weighted by molar-refractivity contribution is 0.382. The molecule has 2 aliphatic rings. The molecule has 1 aliphatic carbocycles. The van der Waals surface area contributed by atoms with Crippen molar-refractivity contribution < 1.29 is 4.52 Å². The Morgan fingerprint density at radius 1 is 1.43 bits per heavy atom. The summed E-state index contributed by atoms with van der Waals surface area (Å²) in [5, 5.41) is 4.85. The van der Waals surface area contributed by atoms with Gasteiger partial charge in [0.1, 0.15) is 5.88 Å². The van der Waals surface area contributed by atoms with Gasteiger partial charge in [-0.05, 0) is 37.0 Å². The maximum absolute atomic E-state index is 6.09. The van der Waals surface area contributed by atoms with E-state index in [1.165, 1.54) is 5.69 Å². The van der Waals surface area contributed by atoms with Gasteiger partial charge in [0, 0.05) is 29.2 Å². The molecule has 4 atom stereocenters. The standard InChI is InChI=1S/C15H15Cl2N3O/c1-8-13-11(14(13)15-18-12(6-16)21-19-15)7-20(8)10-4-2-3-9(17)5-10/h2-5,8,11,13-14H,6-7H2,1H3/t8-,11+,13-,14-/m1/s1. The molecular formula is C15H15Cl2N3O. The third kappa shape index (κ3) is 2.12. The lowest BCUT2D eigenvalue weighted by Gasteiger charge is -2.28. The SMILES string of the molecule is C[C@@H]1[C@@H]2[C@H](CN1c1cccc(Cl)c1)[C@H]2c1noc(CCl)n1. The zero-order chi connectivity index (χ0) is 14.6. The summed E-state index contributed by atoms with van der Waals surface area (Å²) in [4.78, 5) is 6.79. The Morgan fingerprint density at radius 2 is 2.29 bits per heavy atom. The van der Waals surface area contributed by atoms with E-state index in [-0.39, 0.29) is 5.88 Å². The van der Waals surface area contributed by atoms with Crippen molar-refractivity contribution in [2.45, 2.75) is 24.8 Å². The summed E-state index contributed by atoms with van der Waals surface area (Å²) in [6.07, 6.45) is 0.